The third kappa shape index (κ3) is 5.85. The van der Waals surface area contributed by atoms with Crippen molar-refractivity contribution >= 4 is 12.1 Å². The highest BCUT2D eigenvalue weighted by Gasteiger charge is 2.25. The molecule has 1 aromatic carbocycles. The second kappa shape index (κ2) is 10.6. The first-order valence-corrected chi connectivity index (χ1v) is 10.4. The van der Waals surface area contributed by atoms with Crippen molar-refractivity contribution in [2.24, 2.45) is 13.0 Å². The molecule has 10 heteroatoms. The minimum absolute atomic E-state index is 0.117. The van der Waals surface area contributed by atoms with Gasteiger partial charge < -0.3 is 19.5 Å². The summed E-state index contributed by atoms with van der Waals surface area (Å²) in [5.41, 5.74) is 0.746. The third-order valence-electron chi connectivity index (χ3n) is 4.59. The summed E-state index contributed by atoms with van der Waals surface area (Å²) in [6.45, 7) is 5.74. The number of amides is 1. The summed E-state index contributed by atoms with van der Waals surface area (Å²) in [5, 5.41) is 7.25. The molecule has 33 heavy (non-hydrogen) atoms. The van der Waals surface area contributed by atoms with Crippen LogP contribution in [-0.2, 0) is 11.8 Å². The highest BCUT2D eigenvalue weighted by molar-refractivity contribution is 5.96. The van der Waals surface area contributed by atoms with E-state index in [9.17, 15) is 9.59 Å². The lowest BCUT2D eigenvalue weighted by Gasteiger charge is -2.16. The zero-order valence-corrected chi connectivity index (χ0v) is 19.2. The number of nitrogens with zero attached hydrogens (tertiary/aromatic N) is 4. The number of ether oxygens (including phenoxy) is 3. The first-order chi connectivity index (χ1) is 15.8. The van der Waals surface area contributed by atoms with Gasteiger partial charge in [0.05, 0.1) is 19.8 Å². The summed E-state index contributed by atoms with van der Waals surface area (Å²) in [6, 6.07) is 10.5. The van der Waals surface area contributed by atoms with Gasteiger partial charge in [-0.05, 0) is 12.8 Å². The largest absolute Gasteiger partial charge is 0.514 e. The van der Waals surface area contributed by atoms with Crippen molar-refractivity contribution in [2.45, 2.75) is 26.8 Å². The van der Waals surface area contributed by atoms with Gasteiger partial charge in [0.1, 0.15) is 5.82 Å². The molecule has 0 bridgehead atoms. The Morgan fingerprint density at radius 3 is 2.52 bits per heavy atom. The van der Waals surface area contributed by atoms with E-state index in [0.717, 1.165) is 5.56 Å². The molecule has 3 rings (SSSR count). The van der Waals surface area contributed by atoms with Gasteiger partial charge in [0, 0.05) is 24.9 Å². The average molecular weight is 453 g/mol. The predicted octanol–water partition coefficient (Wildman–Crippen LogP) is 3.55. The summed E-state index contributed by atoms with van der Waals surface area (Å²) in [7, 11) is 3.15. The Bertz CT molecular complexity index is 1110. The zero-order chi connectivity index (χ0) is 24.0. The van der Waals surface area contributed by atoms with Crippen LogP contribution in [0.15, 0.2) is 42.6 Å². The highest BCUT2D eigenvalue weighted by Crippen LogP contribution is 2.30. The lowest BCUT2D eigenvalue weighted by atomic mass is 10.2. The molecule has 10 nitrogen and oxygen atoms in total. The quantitative estimate of drug-likeness (QED) is 0.515. The molecular formula is C23H27N5O5. The van der Waals surface area contributed by atoms with Crippen LogP contribution in [0.3, 0.4) is 0 Å². The van der Waals surface area contributed by atoms with Crippen LogP contribution in [0, 0.1) is 5.92 Å². The highest BCUT2D eigenvalue weighted by atomic mass is 16.7. The molecular weight excluding hydrogens is 426 g/mol. The van der Waals surface area contributed by atoms with Gasteiger partial charge >= 0.3 is 6.16 Å². The van der Waals surface area contributed by atoms with Crippen molar-refractivity contribution in [1.82, 2.24) is 25.1 Å². The standard InChI is InChI=1S/C23H27N5O5/c1-14(2)13-32-23(30)33-19-17(31-5)11-12-24-18(19)22(29)25-15(3)21-26-20(27-28(21)4)16-9-7-6-8-10-16/h6-12,14-15H,13H2,1-5H3,(H,25,29)/t15-/m0/s1. The van der Waals surface area contributed by atoms with E-state index in [0.29, 0.717) is 11.6 Å². The maximum atomic E-state index is 13.0. The van der Waals surface area contributed by atoms with Crippen LogP contribution in [-0.4, -0.2) is 45.5 Å². The number of carbonyl (C=O) groups is 2. The maximum absolute atomic E-state index is 13.0. The van der Waals surface area contributed by atoms with E-state index in [1.165, 1.54) is 19.4 Å². The molecule has 0 aliphatic heterocycles. The van der Waals surface area contributed by atoms with Gasteiger partial charge in [-0.1, -0.05) is 44.2 Å². The molecule has 1 atom stereocenters. The molecule has 174 valence electrons. The van der Waals surface area contributed by atoms with Crippen LogP contribution in [0.4, 0.5) is 4.79 Å². The van der Waals surface area contributed by atoms with Crippen LogP contribution in [0.25, 0.3) is 11.4 Å². The lowest BCUT2D eigenvalue weighted by Crippen LogP contribution is -2.30. The van der Waals surface area contributed by atoms with E-state index >= 15 is 0 Å². The van der Waals surface area contributed by atoms with E-state index in [-0.39, 0.29) is 29.7 Å². The minimum atomic E-state index is -0.946. The van der Waals surface area contributed by atoms with E-state index in [2.05, 4.69) is 20.4 Å². The average Bonchev–Trinajstić information content (AvgIpc) is 3.20. The molecule has 0 spiro atoms. The summed E-state index contributed by atoms with van der Waals surface area (Å²) in [5.74, 6) is 0.701. The Morgan fingerprint density at radius 2 is 1.85 bits per heavy atom. The third-order valence-corrected chi connectivity index (χ3v) is 4.59. The minimum Gasteiger partial charge on any atom is -0.493 e. The van der Waals surface area contributed by atoms with Crippen LogP contribution >= 0.6 is 0 Å². The molecule has 3 aromatic rings. The molecule has 2 aromatic heterocycles. The maximum Gasteiger partial charge on any atom is 0.514 e. The van der Waals surface area contributed by atoms with Gasteiger partial charge in [0.15, 0.2) is 17.3 Å². The number of hydrogen-bond acceptors (Lipinski definition) is 8. The Kier molecular flexibility index (Phi) is 7.60. The van der Waals surface area contributed by atoms with Crippen molar-refractivity contribution in [3.8, 4) is 22.9 Å². The Hall–Kier alpha value is -3.95. The fourth-order valence-electron chi connectivity index (χ4n) is 3.01. The van der Waals surface area contributed by atoms with E-state index in [1.807, 2.05) is 44.2 Å². The molecule has 0 saturated carbocycles. The van der Waals surface area contributed by atoms with Gasteiger partial charge in [-0.25, -0.2) is 14.8 Å². The monoisotopic (exact) mass is 453 g/mol. The Balaban J connectivity index is 1.80. The van der Waals surface area contributed by atoms with Crippen molar-refractivity contribution in [1.29, 1.82) is 0 Å². The molecule has 2 heterocycles. The smallest absolute Gasteiger partial charge is 0.493 e. The van der Waals surface area contributed by atoms with Crippen LogP contribution in [0.2, 0.25) is 0 Å². The summed E-state index contributed by atoms with van der Waals surface area (Å²) in [6.07, 6.45) is 0.443. The van der Waals surface area contributed by atoms with E-state index < -0.39 is 18.1 Å². The van der Waals surface area contributed by atoms with Gasteiger partial charge in [-0.3, -0.25) is 9.48 Å². The molecule has 1 amide bonds. The second-order valence-electron chi connectivity index (χ2n) is 7.73. The van der Waals surface area contributed by atoms with Crippen molar-refractivity contribution in [3.05, 3.63) is 54.1 Å². The Morgan fingerprint density at radius 1 is 1.12 bits per heavy atom. The summed E-state index contributed by atoms with van der Waals surface area (Å²) < 4.78 is 17.2. The summed E-state index contributed by atoms with van der Waals surface area (Å²) in [4.78, 5) is 33.8. The van der Waals surface area contributed by atoms with Gasteiger partial charge in [-0.15, -0.1) is 0 Å². The second-order valence-corrected chi connectivity index (χ2v) is 7.73. The fourth-order valence-corrected chi connectivity index (χ4v) is 3.01. The van der Waals surface area contributed by atoms with Gasteiger partial charge in [0.25, 0.3) is 5.91 Å². The molecule has 0 radical (unpaired) electrons. The van der Waals surface area contributed by atoms with Crippen molar-refractivity contribution in [3.63, 3.8) is 0 Å². The van der Waals surface area contributed by atoms with Crippen LogP contribution < -0.4 is 14.8 Å². The molecule has 0 fully saturated rings. The van der Waals surface area contributed by atoms with Gasteiger partial charge in [-0.2, -0.15) is 5.10 Å². The number of methoxy groups -OCH3 is 1. The number of nitrogens with one attached hydrogen (secondary N) is 1. The number of benzene rings is 1. The van der Waals surface area contributed by atoms with Crippen molar-refractivity contribution < 1.29 is 23.8 Å². The number of rotatable bonds is 8. The predicted molar refractivity (Wildman–Crippen MR) is 120 cm³/mol. The molecule has 0 saturated heterocycles. The number of aromatic nitrogens is 4. The first-order valence-electron chi connectivity index (χ1n) is 10.4. The lowest BCUT2D eigenvalue weighted by molar-refractivity contribution is 0.0852. The van der Waals surface area contributed by atoms with E-state index in [4.69, 9.17) is 14.2 Å². The number of hydrogen-bond donors (Lipinski definition) is 1. The van der Waals surface area contributed by atoms with Crippen molar-refractivity contribution in [2.75, 3.05) is 13.7 Å². The summed E-state index contributed by atoms with van der Waals surface area (Å²) >= 11 is 0. The fraction of sp³-hybridized carbons (Fsp3) is 0.348. The van der Waals surface area contributed by atoms with E-state index in [1.54, 1.807) is 18.7 Å². The zero-order valence-electron chi connectivity index (χ0n) is 19.2. The molecule has 0 unspecified atom stereocenters. The Labute approximate surface area is 191 Å². The SMILES string of the molecule is COc1ccnc(C(=O)N[C@@H](C)c2nc(-c3ccccc3)nn2C)c1OC(=O)OCC(C)C. The first kappa shape index (κ1) is 23.7. The molecule has 0 aliphatic rings. The van der Waals surface area contributed by atoms with Gasteiger partial charge in [0.2, 0.25) is 5.75 Å². The number of carbonyl (C=O) groups excluding carboxylic acids is 2. The van der Waals surface area contributed by atoms with Crippen LogP contribution in [0.5, 0.6) is 11.5 Å². The number of pyridine rings is 1. The molecule has 1 N–H and O–H groups in total. The number of aryl methyl sites for hydroxylation is 1. The van der Waals surface area contributed by atoms with Crippen LogP contribution in [0.1, 0.15) is 43.1 Å². The normalized spacial score (nSPS) is 11.7. The molecule has 0 aliphatic carbocycles. The topological polar surface area (TPSA) is 117 Å².